The third-order valence-electron chi connectivity index (χ3n) is 4.05. The highest BCUT2D eigenvalue weighted by Crippen LogP contribution is 2.26. The van der Waals surface area contributed by atoms with E-state index in [-0.39, 0.29) is 5.12 Å². The lowest BCUT2D eigenvalue weighted by Gasteiger charge is -2.20. The van der Waals surface area contributed by atoms with E-state index in [2.05, 4.69) is 5.32 Å². The zero-order valence-corrected chi connectivity index (χ0v) is 16.1. The van der Waals surface area contributed by atoms with Crippen LogP contribution in [0.15, 0.2) is 24.3 Å². The summed E-state index contributed by atoms with van der Waals surface area (Å²) < 4.78 is 4.93. The number of carbonyl (C=O) groups excluding carboxylic acids is 4. The second-order valence-electron chi connectivity index (χ2n) is 6.08. The first-order valence-electron chi connectivity index (χ1n) is 8.25. The standard InChI is InChI=1S/C18H20ClNO5S/c1-10(17(23)25-18(24)14-4-3-9-20-14)16(26-11(2)21)15(22)12-5-7-13(19)8-6-12/h5-8,10,14,16,20H,3-4,9H2,1-2H3/t10?,14-,16?/m0/s1. The van der Waals surface area contributed by atoms with Crippen LogP contribution in [0.4, 0.5) is 0 Å². The summed E-state index contributed by atoms with van der Waals surface area (Å²) in [6.07, 6.45) is 1.44. The third kappa shape index (κ3) is 5.40. The number of benzene rings is 1. The molecule has 0 spiro atoms. The van der Waals surface area contributed by atoms with Gasteiger partial charge in [-0.25, -0.2) is 4.79 Å². The van der Waals surface area contributed by atoms with Gasteiger partial charge in [-0.1, -0.05) is 30.3 Å². The molecule has 2 unspecified atom stereocenters. The van der Waals surface area contributed by atoms with Gasteiger partial charge in [-0.3, -0.25) is 14.4 Å². The molecule has 0 aliphatic carbocycles. The Hall–Kier alpha value is -1.70. The largest absolute Gasteiger partial charge is 0.392 e. The molecule has 0 saturated carbocycles. The van der Waals surface area contributed by atoms with Gasteiger partial charge in [0, 0.05) is 17.5 Å². The minimum Gasteiger partial charge on any atom is -0.392 e. The van der Waals surface area contributed by atoms with Crippen LogP contribution < -0.4 is 5.32 Å². The number of esters is 2. The zero-order chi connectivity index (χ0) is 19.3. The van der Waals surface area contributed by atoms with Crippen LogP contribution in [0.25, 0.3) is 0 Å². The van der Waals surface area contributed by atoms with Gasteiger partial charge in [-0.15, -0.1) is 0 Å². The van der Waals surface area contributed by atoms with Crippen molar-refractivity contribution < 1.29 is 23.9 Å². The summed E-state index contributed by atoms with van der Waals surface area (Å²) in [5.74, 6) is -2.81. The van der Waals surface area contributed by atoms with Gasteiger partial charge in [-0.2, -0.15) is 0 Å². The maximum Gasteiger partial charge on any atom is 0.330 e. The van der Waals surface area contributed by atoms with Crippen molar-refractivity contribution in [3.05, 3.63) is 34.9 Å². The van der Waals surface area contributed by atoms with Gasteiger partial charge in [0.2, 0.25) is 0 Å². The van der Waals surface area contributed by atoms with E-state index >= 15 is 0 Å². The van der Waals surface area contributed by atoms with Crippen molar-refractivity contribution in [1.82, 2.24) is 5.32 Å². The van der Waals surface area contributed by atoms with Crippen molar-refractivity contribution in [2.45, 2.75) is 38.0 Å². The van der Waals surface area contributed by atoms with Crippen LogP contribution in [0.2, 0.25) is 5.02 Å². The second-order valence-corrected chi connectivity index (χ2v) is 7.83. The Bertz CT molecular complexity index is 700. The van der Waals surface area contributed by atoms with E-state index in [4.69, 9.17) is 16.3 Å². The van der Waals surface area contributed by atoms with Crippen LogP contribution in [0, 0.1) is 5.92 Å². The zero-order valence-electron chi connectivity index (χ0n) is 14.5. The lowest BCUT2D eigenvalue weighted by Crippen LogP contribution is -2.38. The van der Waals surface area contributed by atoms with Crippen molar-refractivity contribution in [3.8, 4) is 0 Å². The average molecular weight is 398 g/mol. The first kappa shape index (κ1) is 20.6. The number of ether oxygens (including phenoxy) is 1. The molecule has 0 aromatic heterocycles. The molecule has 140 valence electrons. The van der Waals surface area contributed by atoms with E-state index in [1.54, 1.807) is 12.1 Å². The number of Topliss-reactive ketones (excluding diaryl/α,β-unsaturated/α-hetero) is 1. The Labute approximate surface area is 161 Å². The maximum atomic E-state index is 12.8. The van der Waals surface area contributed by atoms with Crippen LogP contribution >= 0.6 is 23.4 Å². The summed E-state index contributed by atoms with van der Waals surface area (Å²) in [6.45, 7) is 3.49. The molecular weight excluding hydrogens is 378 g/mol. The van der Waals surface area contributed by atoms with Gasteiger partial charge in [0.1, 0.15) is 6.04 Å². The van der Waals surface area contributed by atoms with E-state index < -0.39 is 34.9 Å². The van der Waals surface area contributed by atoms with Crippen LogP contribution in [0.1, 0.15) is 37.0 Å². The fraction of sp³-hybridized carbons (Fsp3) is 0.444. The van der Waals surface area contributed by atoms with E-state index in [1.807, 2.05) is 0 Å². The minimum atomic E-state index is -0.981. The third-order valence-corrected chi connectivity index (χ3v) is 5.51. The molecule has 0 radical (unpaired) electrons. The number of rotatable bonds is 6. The first-order chi connectivity index (χ1) is 12.3. The minimum absolute atomic E-state index is 0.305. The predicted octanol–water partition coefficient (Wildman–Crippen LogP) is 2.63. The van der Waals surface area contributed by atoms with Crippen molar-refractivity contribution in [3.63, 3.8) is 0 Å². The molecule has 0 amide bonds. The molecule has 1 aliphatic heterocycles. The molecule has 0 bridgehead atoms. The van der Waals surface area contributed by atoms with Crippen LogP contribution in [-0.2, 0) is 19.1 Å². The molecule has 1 aliphatic rings. The van der Waals surface area contributed by atoms with Crippen LogP contribution in [0.5, 0.6) is 0 Å². The van der Waals surface area contributed by atoms with Crippen LogP contribution in [0.3, 0.4) is 0 Å². The van der Waals surface area contributed by atoms with E-state index in [9.17, 15) is 19.2 Å². The van der Waals surface area contributed by atoms with Crippen molar-refractivity contribution in [2.24, 2.45) is 5.92 Å². The summed E-state index contributed by atoms with van der Waals surface area (Å²) in [5.41, 5.74) is 0.330. The highest BCUT2D eigenvalue weighted by Gasteiger charge is 2.36. The molecular formula is C18H20ClNO5S. The number of hydrogen-bond donors (Lipinski definition) is 1. The molecule has 26 heavy (non-hydrogen) atoms. The van der Waals surface area contributed by atoms with Crippen LogP contribution in [-0.4, -0.2) is 40.7 Å². The Morgan fingerprint density at radius 3 is 2.42 bits per heavy atom. The Kier molecular flexibility index (Phi) is 7.37. The molecule has 2 rings (SSSR count). The highest BCUT2D eigenvalue weighted by atomic mass is 35.5. The molecule has 6 nitrogen and oxygen atoms in total. The predicted molar refractivity (Wildman–Crippen MR) is 99.1 cm³/mol. The number of nitrogens with one attached hydrogen (secondary N) is 1. The highest BCUT2D eigenvalue weighted by molar-refractivity contribution is 8.14. The molecule has 1 aromatic rings. The lowest BCUT2D eigenvalue weighted by molar-refractivity contribution is -0.163. The number of hydrogen-bond acceptors (Lipinski definition) is 7. The summed E-state index contributed by atoms with van der Waals surface area (Å²) in [6, 6.07) is 5.68. The molecule has 1 N–H and O–H groups in total. The van der Waals surface area contributed by atoms with Gasteiger partial charge >= 0.3 is 11.9 Å². The molecule has 1 heterocycles. The normalized spacial score (nSPS) is 18.8. The SMILES string of the molecule is CC(=O)SC(C(=O)c1ccc(Cl)cc1)C(C)C(=O)OC(=O)[C@@H]1CCCN1. The van der Waals surface area contributed by atoms with E-state index in [0.29, 0.717) is 23.6 Å². The topological polar surface area (TPSA) is 89.5 Å². The van der Waals surface area contributed by atoms with Crippen molar-refractivity contribution in [2.75, 3.05) is 6.54 Å². The summed E-state index contributed by atoms with van der Waals surface area (Å²) in [7, 11) is 0. The molecule has 1 fully saturated rings. The molecule has 1 saturated heterocycles. The number of carbonyl (C=O) groups is 4. The first-order valence-corrected chi connectivity index (χ1v) is 9.51. The van der Waals surface area contributed by atoms with Gasteiger partial charge in [-0.05, 0) is 43.7 Å². The second kappa shape index (κ2) is 9.30. The van der Waals surface area contributed by atoms with Crippen molar-refractivity contribution in [1.29, 1.82) is 0 Å². The van der Waals surface area contributed by atoms with E-state index in [0.717, 1.165) is 18.2 Å². The van der Waals surface area contributed by atoms with Gasteiger partial charge in [0.25, 0.3) is 0 Å². The fourth-order valence-electron chi connectivity index (χ4n) is 2.61. The van der Waals surface area contributed by atoms with Crippen molar-refractivity contribution >= 4 is 46.2 Å². The summed E-state index contributed by atoms with van der Waals surface area (Å²) >= 11 is 6.58. The summed E-state index contributed by atoms with van der Waals surface area (Å²) in [4.78, 5) is 48.7. The van der Waals surface area contributed by atoms with Gasteiger partial charge < -0.3 is 10.1 Å². The lowest BCUT2D eigenvalue weighted by atomic mass is 9.99. The quantitative estimate of drug-likeness (QED) is 0.448. The summed E-state index contributed by atoms with van der Waals surface area (Å²) in [5, 5.41) is 2.14. The Morgan fingerprint density at radius 2 is 1.88 bits per heavy atom. The molecule has 1 aromatic carbocycles. The fourth-order valence-corrected chi connectivity index (χ4v) is 3.65. The average Bonchev–Trinajstić information content (AvgIpc) is 3.13. The number of ketones is 1. The monoisotopic (exact) mass is 397 g/mol. The molecule has 3 atom stereocenters. The smallest absolute Gasteiger partial charge is 0.330 e. The van der Waals surface area contributed by atoms with Gasteiger partial charge in [0.05, 0.1) is 11.2 Å². The Morgan fingerprint density at radius 1 is 1.23 bits per heavy atom. The number of halogens is 1. The van der Waals surface area contributed by atoms with E-state index in [1.165, 1.54) is 26.0 Å². The number of thioether (sulfide) groups is 1. The Balaban J connectivity index is 2.12. The maximum absolute atomic E-state index is 12.8. The van der Waals surface area contributed by atoms with Gasteiger partial charge in [0.15, 0.2) is 10.9 Å². The molecule has 8 heteroatoms.